The zero-order chi connectivity index (χ0) is 21.3. The lowest BCUT2D eigenvalue weighted by Crippen LogP contribution is -2.54. The first-order valence-corrected chi connectivity index (χ1v) is 9.77. The minimum absolute atomic E-state index is 0.00648. The van der Waals surface area contributed by atoms with Gasteiger partial charge in [0.2, 0.25) is 5.82 Å². The van der Waals surface area contributed by atoms with E-state index in [1.807, 2.05) is 6.92 Å². The second-order valence-corrected chi connectivity index (χ2v) is 7.62. The first-order chi connectivity index (χ1) is 14.4. The summed E-state index contributed by atoms with van der Waals surface area (Å²) in [7, 11) is 0. The van der Waals surface area contributed by atoms with E-state index < -0.39 is 24.1 Å². The standard InChI is InChI=1S/C20H21FN4O5/c1-12-4-2-3-9-20(12)18(27)25(19(28)23-20)10-16(26)29-11-15-22-17(24-30-15)13-5-7-14(21)8-6-13/h5-8,12H,2-4,9-11H2,1H3,(H,23,28)/t12-,20+/m1/s1. The van der Waals surface area contributed by atoms with Gasteiger partial charge in [-0.05, 0) is 43.0 Å². The van der Waals surface area contributed by atoms with Crippen LogP contribution >= 0.6 is 0 Å². The van der Waals surface area contributed by atoms with Crippen molar-refractivity contribution in [2.45, 2.75) is 44.8 Å². The Bertz CT molecular complexity index is 976. The van der Waals surface area contributed by atoms with Crippen LogP contribution in [0.1, 0.15) is 38.5 Å². The van der Waals surface area contributed by atoms with Crippen LogP contribution in [0.25, 0.3) is 11.4 Å². The number of aromatic nitrogens is 2. The first-order valence-electron chi connectivity index (χ1n) is 9.77. The third-order valence-corrected chi connectivity index (χ3v) is 5.72. The number of benzene rings is 1. The van der Waals surface area contributed by atoms with Crippen molar-refractivity contribution < 1.29 is 28.0 Å². The third-order valence-electron chi connectivity index (χ3n) is 5.72. The number of ether oxygens (including phenoxy) is 1. The minimum atomic E-state index is -0.924. The molecule has 1 saturated carbocycles. The molecular weight excluding hydrogens is 395 g/mol. The van der Waals surface area contributed by atoms with Crippen molar-refractivity contribution in [3.8, 4) is 11.4 Å². The SMILES string of the molecule is C[C@@H]1CCCC[C@]12NC(=O)N(CC(=O)OCc1nc(-c3ccc(F)cc3)no1)C2=O. The van der Waals surface area contributed by atoms with E-state index in [2.05, 4.69) is 15.5 Å². The Labute approximate surface area is 171 Å². The first kappa shape index (κ1) is 20.0. The fourth-order valence-electron chi connectivity index (χ4n) is 3.99. The largest absolute Gasteiger partial charge is 0.454 e. The summed E-state index contributed by atoms with van der Waals surface area (Å²) in [6.07, 6.45) is 3.27. The highest BCUT2D eigenvalue weighted by atomic mass is 19.1. The molecule has 0 unspecified atom stereocenters. The Kier molecular flexibility index (Phi) is 5.23. The Morgan fingerprint density at radius 2 is 2.10 bits per heavy atom. The lowest BCUT2D eigenvalue weighted by molar-refractivity contribution is -0.150. The average Bonchev–Trinajstić information content (AvgIpc) is 3.29. The van der Waals surface area contributed by atoms with Gasteiger partial charge < -0.3 is 14.6 Å². The Balaban J connectivity index is 1.35. The highest BCUT2D eigenvalue weighted by molar-refractivity contribution is 6.08. The number of nitrogens with one attached hydrogen (secondary N) is 1. The molecule has 0 radical (unpaired) electrons. The van der Waals surface area contributed by atoms with Crippen molar-refractivity contribution in [1.29, 1.82) is 0 Å². The van der Waals surface area contributed by atoms with E-state index in [0.29, 0.717) is 12.0 Å². The second kappa shape index (κ2) is 7.85. The van der Waals surface area contributed by atoms with E-state index >= 15 is 0 Å². The number of urea groups is 1. The van der Waals surface area contributed by atoms with Crippen LogP contribution in [0.4, 0.5) is 9.18 Å². The molecule has 2 fully saturated rings. The fourth-order valence-corrected chi connectivity index (χ4v) is 3.99. The molecule has 1 aliphatic heterocycles. The summed E-state index contributed by atoms with van der Waals surface area (Å²) < 4.78 is 23.1. The molecule has 4 rings (SSSR count). The Hall–Kier alpha value is -3.30. The van der Waals surface area contributed by atoms with Gasteiger partial charge in [-0.2, -0.15) is 4.98 Å². The summed E-state index contributed by atoms with van der Waals surface area (Å²) in [6, 6.07) is 4.94. The third kappa shape index (κ3) is 3.64. The summed E-state index contributed by atoms with van der Waals surface area (Å²) in [5.41, 5.74) is -0.379. The van der Waals surface area contributed by atoms with Crippen LogP contribution in [0.2, 0.25) is 0 Å². The average molecular weight is 416 g/mol. The van der Waals surface area contributed by atoms with Gasteiger partial charge in [0, 0.05) is 5.56 Å². The lowest BCUT2D eigenvalue weighted by Gasteiger charge is -2.36. The molecule has 2 aromatic rings. The molecule has 1 aromatic carbocycles. The lowest BCUT2D eigenvalue weighted by atomic mass is 9.73. The van der Waals surface area contributed by atoms with E-state index in [0.717, 1.165) is 24.2 Å². The van der Waals surface area contributed by atoms with E-state index in [1.165, 1.54) is 24.3 Å². The summed E-state index contributed by atoms with van der Waals surface area (Å²) in [6.45, 7) is 1.14. The van der Waals surface area contributed by atoms with Gasteiger partial charge in [0.05, 0.1) is 0 Å². The molecule has 2 aliphatic rings. The normalized spacial score (nSPS) is 23.7. The van der Waals surface area contributed by atoms with Gasteiger partial charge in [0.15, 0.2) is 6.61 Å². The van der Waals surface area contributed by atoms with Crippen LogP contribution in [0.5, 0.6) is 0 Å². The number of amides is 3. The highest BCUT2D eigenvalue weighted by Gasteiger charge is 2.55. The summed E-state index contributed by atoms with van der Waals surface area (Å²) in [4.78, 5) is 42.4. The molecule has 2 atom stereocenters. The number of rotatable bonds is 5. The molecule has 158 valence electrons. The number of imide groups is 1. The van der Waals surface area contributed by atoms with Crippen molar-refractivity contribution in [2.24, 2.45) is 5.92 Å². The van der Waals surface area contributed by atoms with Crippen LogP contribution in [-0.2, 0) is 20.9 Å². The van der Waals surface area contributed by atoms with Crippen LogP contribution in [0.3, 0.4) is 0 Å². The smallest absolute Gasteiger partial charge is 0.326 e. The van der Waals surface area contributed by atoms with Crippen molar-refractivity contribution in [3.63, 3.8) is 0 Å². The number of carbonyl (C=O) groups excluding carboxylic acids is 3. The van der Waals surface area contributed by atoms with Gasteiger partial charge in [0.25, 0.3) is 11.8 Å². The van der Waals surface area contributed by atoms with Gasteiger partial charge in [-0.1, -0.05) is 24.9 Å². The molecule has 1 aromatic heterocycles. The maximum atomic E-state index is 13.0. The molecule has 1 N–H and O–H groups in total. The number of esters is 1. The summed E-state index contributed by atoms with van der Waals surface area (Å²) >= 11 is 0. The quantitative estimate of drug-likeness (QED) is 0.588. The van der Waals surface area contributed by atoms with E-state index in [1.54, 1.807) is 0 Å². The predicted octanol–water partition coefficient (Wildman–Crippen LogP) is 2.42. The summed E-state index contributed by atoms with van der Waals surface area (Å²) in [5.74, 6) is -1.26. The fraction of sp³-hybridized carbons (Fsp3) is 0.450. The van der Waals surface area contributed by atoms with Gasteiger partial charge in [-0.25, -0.2) is 9.18 Å². The zero-order valence-electron chi connectivity index (χ0n) is 16.4. The molecule has 1 saturated heterocycles. The predicted molar refractivity (Wildman–Crippen MR) is 100 cm³/mol. The molecule has 9 nitrogen and oxygen atoms in total. The van der Waals surface area contributed by atoms with Gasteiger partial charge in [0.1, 0.15) is 17.9 Å². The Morgan fingerprint density at radius 3 is 2.83 bits per heavy atom. The number of halogens is 1. The van der Waals surface area contributed by atoms with Crippen molar-refractivity contribution in [3.05, 3.63) is 36.0 Å². The molecule has 0 bridgehead atoms. The van der Waals surface area contributed by atoms with Crippen LogP contribution < -0.4 is 5.32 Å². The van der Waals surface area contributed by atoms with Crippen LogP contribution in [0.15, 0.2) is 28.8 Å². The van der Waals surface area contributed by atoms with Gasteiger partial charge >= 0.3 is 12.0 Å². The van der Waals surface area contributed by atoms with Gasteiger partial charge in [-0.3, -0.25) is 14.5 Å². The summed E-state index contributed by atoms with van der Waals surface area (Å²) in [5, 5.41) is 6.54. The molecule has 10 heteroatoms. The molecule has 1 aliphatic carbocycles. The number of hydrogen-bond donors (Lipinski definition) is 1. The minimum Gasteiger partial charge on any atom is -0.454 e. The Morgan fingerprint density at radius 1 is 1.33 bits per heavy atom. The zero-order valence-corrected chi connectivity index (χ0v) is 16.4. The maximum absolute atomic E-state index is 13.0. The van der Waals surface area contributed by atoms with Crippen LogP contribution in [-0.4, -0.2) is 45.0 Å². The van der Waals surface area contributed by atoms with Gasteiger partial charge in [-0.15, -0.1) is 0 Å². The topological polar surface area (TPSA) is 115 Å². The molecule has 3 amide bonds. The maximum Gasteiger partial charge on any atom is 0.326 e. The van der Waals surface area contributed by atoms with Crippen molar-refractivity contribution >= 4 is 17.9 Å². The van der Waals surface area contributed by atoms with E-state index in [9.17, 15) is 18.8 Å². The number of carbonyl (C=O) groups is 3. The number of nitrogens with zero attached hydrogens (tertiary/aromatic N) is 3. The van der Waals surface area contributed by atoms with Crippen molar-refractivity contribution in [1.82, 2.24) is 20.4 Å². The second-order valence-electron chi connectivity index (χ2n) is 7.62. The molecule has 1 spiro atoms. The molecule has 2 heterocycles. The van der Waals surface area contributed by atoms with E-state index in [-0.39, 0.29) is 36.0 Å². The monoisotopic (exact) mass is 416 g/mol. The highest BCUT2D eigenvalue weighted by Crippen LogP contribution is 2.38. The molecular formula is C20H21FN4O5. The van der Waals surface area contributed by atoms with Crippen molar-refractivity contribution in [2.75, 3.05) is 6.54 Å². The van der Waals surface area contributed by atoms with Crippen LogP contribution in [0, 0.1) is 11.7 Å². The molecule has 30 heavy (non-hydrogen) atoms. The van der Waals surface area contributed by atoms with E-state index in [4.69, 9.17) is 9.26 Å². The number of hydrogen-bond acceptors (Lipinski definition) is 7.